The number of H-pyrrole nitrogens is 1. The molecule has 1 saturated heterocycles. The third-order valence-corrected chi connectivity index (χ3v) is 7.18. The summed E-state index contributed by atoms with van der Waals surface area (Å²) in [5.41, 5.74) is 5.43. The molecule has 6 heteroatoms. The summed E-state index contributed by atoms with van der Waals surface area (Å²) in [6.45, 7) is 15.0. The number of para-hydroxylation sites is 1. The van der Waals surface area contributed by atoms with Gasteiger partial charge in [-0.1, -0.05) is 56.3 Å². The van der Waals surface area contributed by atoms with Crippen LogP contribution in [-0.2, 0) is 18.8 Å². The van der Waals surface area contributed by atoms with Crippen LogP contribution in [0.1, 0.15) is 71.7 Å². The summed E-state index contributed by atoms with van der Waals surface area (Å²) in [6, 6.07) is 18.7. The fraction of sp³-hybridized carbons (Fsp3) is 0.387. The number of aromatic nitrogens is 1. The second-order valence-electron chi connectivity index (χ2n) is 11.1. The third kappa shape index (κ3) is 5.92. The predicted octanol–water partition coefficient (Wildman–Crippen LogP) is 7.22. The number of ether oxygens (including phenoxy) is 1. The summed E-state index contributed by atoms with van der Waals surface area (Å²) in [5.74, 6) is 0.0606. The molecule has 0 bridgehead atoms. The Hall–Kier alpha value is -3.09. The maximum atomic E-state index is 11.8. The van der Waals surface area contributed by atoms with Crippen LogP contribution in [0, 0.1) is 5.92 Å². The van der Waals surface area contributed by atoms with Crippen LogP contribution >= 0.6 is 0 Å². The average molecular weight is 499 g/mol. The SMILES string of the molecule is CCOC(=O)/C=C/c1ccc(/C(=C(/CC(C)C)B2OC(C)(C)C(C)(C)O2)c2cc3ccccc3[nH]2)cc1. The van der Waals surface area contributed by atoms with Gasteiger partial charge in [0.1, 0.15) is 0 Å². The highest BCUT2D eigenvalue weighted by Crippen LogP contribution is 2.42. The van der Waals surface area contributed by atoms with Gasteiger partial charge in [0.25, 0.3) is 0 Å². The summed E-state index contributed by atoms with van der Waals surface area (Å²) in [7, 11) is -0.461. The van der Waals surface area contributed by atoms with Crippen LogP contribution in [0.15, 0.2) is 66.1 Å². The molecule has 4 rings (SSSR count). The lowest BCUT2D eigenvalue weighted by Gasteiger charge is -2.32. The number of carbonyl (C=O) groups is 1. The first-order chi connectivity index (χ1) is 17.5. The van der Waals surface area contributed by atoms with Gasteiger partial charge < -0.3 is 19.0 Å². The summed E-state index contributed by atoms with van der Waals surface area (Å²) in [6.07, 6.45) is 4.06. The summed E-state index contributed by atoms with van der Waals surface area (Å²) < 4.78 is 18.2. The number of fused-ring (bicyclic) bond motifs is 1. The van der Waals surface area contributed by atoms with Gasteiger partial charge in [0.15, 0.2) is 0 Å². The third-order valence-electron chi connectivity index (χ3n) is 7.18. The quantitative estimate of drug-likeness (QED) is 0.202. The molecule has 0 saturated carbocycles. The largest absolute Gasteiger partial charge is 0.491 e. The molecule has 1 aromatic heterocycles. The number of rotatable bonds is 8. The van der Waals surface area contributed by atoms with E-state index >= 15 is 0 Å². The lowest BCUT2D eigenvalue weighted by Crippen LogP contribution is -2.41. The Morgan fingerprint density at radius 3 is 2.27 bits per heavy atom. The molecule has 0 radical (unpaired) electrons. The lowest BCUT2D eigenvalue weighted by molar-refractivity contribution is -0.137. The lowest BCUT2D eigenvalue weighted by atomic mass is 9.69. The summed E-state index contributed by atoms with van der Waals surface area (Å²) >= 11 is 0. The van der Waals surface area contributed by atoms with Crippen LogP contribution in [0.2, 0.25) is 0 Å². The van der Waals surface area contributed by atoms with Gasteiger partial charge in [-0.3, -0.25) is 0 Å². The zero-order valence-corrected chi connectivity index (χ0v) is 23.1. The average Bonchev–Trinajstić information content (AvgIpc) is 3.35. The summed E-state index contributed by atoms with van der Waals surface area (Å²) in [4.78, 5) is 15.4. The molecule has 1 fully saturated rings. The van der Waals surface area contributed by atoms with Crippen LogP contribution in [0.5, 0.6) is 0 Å². The number of carbonyl (C=O) groups excluding carboxylic acids is 1. The highest BCUT2D eigenvalue weighted by Gasteiger charge is 2.53. The second-order valence-corrected chi connectivity index (χ2v) is 11.1. The topological polar surface area (TPSA) is 60.6 Å². The van der Waals surface area contributed by atoms with E-state index < -0.39 is 18.3 Å². The standard InChI is InChI=1S/C31H38BNO4/c1-8-35-28(34)18-15-22-13-16-23(17-14-22)29(27-20-24-11-9-10-12-26(24)33-27)25(19-21(2)3)32-36-30(4,5)31(6,7)37-32/h9-18,20-21,33H,8,19H2,1-7H3/b18-15+,29-25+. The molecule has 1 aliphatic rings. The van der Waals surface area contributed by atoms with Crippen LogP contribution < -0.4 is 0 Å². The van der Waals surface area contributed by atoms with Crippen molar-refractivity contribution in [3.8, 4) is 0 Å². The number of esters is 1. The van der Waals surface area contributed by atoms with Crippen molar-refractivity contribution in [2.75, 3.05) is 6.61 Å². The summed E-state index contributed by atoms with van der Waals surface area (Å²) in [5, 5.41) is 1.15. The van der Waals surface area contributed by atoms with E-state index in [0.717, 1.165) is 45.2 Å². The van der Waals surface area contributed by atoms with E-state index in [2.05, 4.69) is 82.9 Å². The molecule has 0 amide bonds. The molecular weight excluding hydrogens is 461 g/mol. The minimum Gasteiger partial charge on any atom is -0.463 e. The van der Waals surface area contributed by atoms with Crippen molar-refractivity contribution in [3.05, 3.63) is 83.0 Å². The highest BCUT2D eigenvalue weighted by atomic mass is 16.7. The predicted molar refractivity (Wildman–Crippen MR) is 152 cm³/mol. The van der Waals surface area contributed by atoms with E-state index in [1.807, 2.05) is 18.2 Å². The van der Waals surface area contributed by atoms with E-state index in [1.54, 1.807) is 13.0 Å². The first-order valence-electron chi connectivity index (χ1n) is 13.1. The molecule has 0 unspecified atom stereocenters. The minimum absolute atomic E-state index is 0.342. The zero-order chi connectivity index (χ0) is 26.8. The van der Waals surface area contributed by atoms with Gasteiger partial charge in [0.05, 0.1) is 17.8 Å². The number of benzene rings is 2. The Labute approximate surface area is 221 Å². The van der Waals surface area contributed by atoms with Crippen LogP contribution in [0.25, 0.3) is 22.6 Å². The van der Waals surface area contributed by atoms with Gasteiger partial charge in [-0.25, -0.2) is 4.79 Å². The molecule has 1 N–H and O–H groups in total. The van der Waals surface area contributed by atoms with Crippen molar-refractivity contribution in [2.45, 2.75) is 66.1 Å². The Balaban J connectivity index is 1.85. The van der Waals surface area contributed by atoms with Gasteiger partial charge >= 0.3 is 13.1 Å². The number of nitrogens with one attached hydrogen (secondary N) is 1. The Morgan fingerprint density at radius 2 is 1.68 bits per heavy atom. The Bertz CT molecular complexity index is 1270. The number of aromatic amines is 1. The van der Waals surface area contributed by atoms with Crippen molar-refractivity contribution in [2.24, 2.45) is 5.92 Å². The molecule has 0 aliphatic carbocycles. The molecule has 3 aromatic rings. The molecule has 0 atom stereocenters. The Kier molecular flexibility index (Phi) is 7.81. The van der Waals surface area contributed by atoms with Gasteiger partial charge in [0, 0.05) is 28.2 Å². The molecule has 2 aromatic carbocycles. The highest BCUT2D eigenvalue weighted by molar-refractivity contribution is 6.56. The van der Waals surface area contributed by atoms with Crippen molar-refractivity contribution < 1.29 is 18.8 Å². The maximum Gasteiger partial charge on any atom is 0.491 e. The first-order valence-corrected chi connectivity index (χ1v) is 13.1. The van der Waals surface area contributed by atoms with E-state index in [-0.39, 0.29) is 5.97 Å². The molecule has 5 nitrogen and oxygen atoms in total. The Morgan fingerprint density at radius 1 is 1.03 bits per heavy atom. The van der Waals surface area contributed by atoms with E-state index in [0.29, 0.717) is 12.5 Å². The molecule has 2 heterocycles. The van der Waals surface area contributed by atoms with Crippen molar-refractivity contribution >= 4 is 35.6 Å². The van der Waals surface area contributed by atoms with E-state index in [4.69, 9.17) is 14.0 Å². The smallest absolute Gasteiger partial charge is 0.463 e. The van der Waals surface area contributed by atoms with E-state index in [9.17, 15) is 4.79 Å². The normalized spacial score (nSPS) is 17.6. The number of hydrogen-bond acceptors (Lipinski definition) is 4. The molecule has 37 heavy (non-hydrogen) atoms. The van der Waals surface area contributed by atoms with Crippen molar-refractivity contribution in [3.63, 3.8) is 0 Å². The van der Waals surface area contributed by atoms with Crippen LogP contribution in [-0.4, -0.2) is 35.9 Å². The molecular formula is C31H38BNO4. The maximum absolute atomic E-state index is 11.8. The van der Waals surface area contributed by atoms with Gasteiger partial charge in [-0.05, 0) is 81.8 Å². The van der Waals surface area contributed by atoms with Crippen molar-refractivity contribution in [1.82, 2.24) is 4.98 Å². The van der Waals surface area contributed by atoms with E-state index in [1.165, 1.54) is 6.08 Å². The number of hydrogen-bond donors (Lipinski definition) is 1. The zero-order valence-electron chi connectivity index (χ0n) is 23.1. The van der Waals surface area contributed by atoms with Gasteiger partial charge in [-0.2, -0.15) is 0 Å². The second kappa shape index (κ2) is 10.7. The fourth-order valence-corrected chi connectivity index (χ4v) is 4.58. The number of allylic oxidation sites excluding steroid dienone is 1. The molecule has 1 aliphatic heterocycles. The van der Waals surface area contributed by atoms with Gasteiger partial charge in [0.2, 0.25) is 0 Å². The first kappa shape index (κ1) is 27.0. The van der Waals surface area contributed by atoms with Gasteiger partial charge in [-0.15, -0.1) is 0 Å². The molecule has 0 spiro atoms. The van der Waals surface area contributed by atoms with Crippen molar-refractivity contribution in [1.29, 1.82) is 0 Å². The van der Waals surface area contributed by atoms with Crippen LogP contribution in [0.4, 0.5) is 0 Å². The fourth-order valence-electron chi connectivity index (χ4n) is 4.58. The monoisotopic (exact) mass is 499 g/mol. The molecule has 194 valence electrons. The van der Waals surface area contributed by atoms with Crippen LogP contribution in [0.3, 0.4) is 0 Å². The minimum atomic E-state index is -0.461.